The van der Waals surface area contributed by atoms with Gasteiger partial charge in [0, 0.05) is 11.3 Å². The van der Waals surface area contributed by atoms with Crippen LogP contribution in [0.1, 0.15) is 28.9 Å². The highest BCUT2D eigenvalue weighted by atomic mass is 35.5. The Kier molecular flexibility index (Phi) is 4.25. The minimum absolute atomic E-state index is 0.206. The van der Waals surface area contributed by atoms with Crippen LogP contribution in [-0.4, -0.2) is 5.91 Å². The molecule has 0 aliphatic carbocycles. The number of nitrogen functional groups attached to an aromatic ring is 1. The molecule has 0 bridgehead atoms. The Morgan fingerprint density at radius 2 is 1.95 bits per heavy atom. The van der Waals surface area contributed by atoms with Crippen LogP contribution in [0.5, 0.6) is 0 Å². The maximum Gasteiger partial charge on any atom is 0.255 e. The third-order valence-corrected chi connectivity index (χ3v) is 3.31. The van der Waals surface area contributed by atoms with E-state index in [2.05, 4.69) is 5.32 Å². The fourth-order valence-corrected chi connectivity index (χ4v) is 2.22. The standard InChI is InChI=1S/C15H14ClFN2O/c1-9(10-5-2-3-7-12(10)17)19-15(20)14-11(16)6-4-8-13(14)18/h2-9H,18H2,1H3,(H,19,20). The third kappa shape index (κ3) is 2.91. The van der Waals surface area contributed by atoms with Gasteiger partial charge in [-0.2, -0.15) is 0 Å². The predicted molar refractivity (Wildman–Crippen MR) is 78.1 cm³/mol. The Bertz CT molecular complexity index is 625. The van der Waals surface area contributed by atoms with Gasteiger partial charge in [0.2, 0.25) is 0 Å². The van der Waals surface area contributed by atoms with E-state index in [-0.39, 0.29) is 22.1 Å². The molecule has 0 saturated heterocycles. The van der Waals surface area contributed by atoms with Crippen molar-refractivity contribution in [2.24, 2.45) is 0 Å². The molecule has 104 valence electrons. The molecule has 1 atom stereocenters. The molecule has 0 aliphatic heterocycles. The monoisotopic (exact) mass is 292 g/mol. The first-order valence-corrected chi connectivity index (χ1v) is 6.47. The van der Waals surface area contributed by atoms with E-state index in [4.69, 9.17) is 17.3 Å². The molecule has 1 amide bonds. The van der Waals surface area contributed by atoms with Crippen LogP contribution in [0.25, 0.3) is 0 Å². The second-order valence-corrected chi connectivity index (χ2v) is 4.83. The van der Waals surface area contributed by atoms with Crippen molar-refractivity contribution in [1.29, 1.82) is 0 Å². The van der Waals surface area contributed by atoms with E-state index in [0.717, 1.165) is 0 Å². The van der Waals surface area contributed by atoms with Gasteiger partial charge in [0.1, 0.15) is 5.82 Å². The molecular weight excluding hydrogens is 279 g/mol. The number of halogens is 2. The fraction of sp³-hybridized carbons (Fsp3) is 0.133. The summed E-state index contributed by atoms with van der Waals surface area (Å²) in [4.78, 5) is 12.2. The number of benzene rings is 2. The number of carbonyl (C=O) groups is 1. The van der Waals surface area contributed by atoms with Crippen molar-refractivity contribution >= 4 is 23.2 Å². The SMILES string of the molecule is CC(NC(=O)c1c(N)cccc1Cl)c1ccccc1F. The van der Waals surface area contributed by atoms with Gasteiger partial charge in [-0.05, 0) is 25.1 Å². The van der Waals surface area contributed by atoms with Crippen LogP contribution >= 0.6 is 11.6 Å². The van der Waals surface area contributed by atoms with Gasteiger partial charge in [-0.15, -0.1) is 0 Å². The number of nitrogens with two attached hydrogens (primary N) is 1. The summed E-state index contributed by atoms with van der Waals surface area (Å²) in [6, 6.07) is 10.6. The van der Waals surface area contributed by atoms with Crippen molar-refractivity contribution in [3.63, 3.8) is 0 Å². The van der Waals surface area contributed by atoms with Crippen molar-refractivity contribution in [3.8, 4) is 0 Å². The van der Waals surface area contributed by atoms with Crippen LogP contribution in [0, 0.1) is 5.82 Å². The van der Waals surface area contributed by atoms with Crippen LogP contribution in [0.3, 0.4) is 0 Å². The number of hydrogen-bond acceptors (Lipinski definition) is 2. The zero-order valence-electron chi connectivity index (χ0n) is 10.9. The lowest BCUT2D eigenvalue weighted by atomic mass is 10.1. The summed E-state index contributed by atoms with van der Waals surface area (Å²) in [6.07, 6.45) is 0. The van der Waals surface area contributed by atoms with E-state index in [1.54, 1.807) is 43.3 Å². The first-order chi connectivity index (χ1) is 9.50. The Balaban J connectivity index is 2.22. The van der Waals surface area contributed by atoms with Gasteiger partial charge in [-0.1, -0.05) is 35.9 Å². The minimum atomic E-state index is -0.487. The first kappa shape index (κ1) is 14.3. The summed E-state index contributed by atoms with van der Waals surface area (Å²) in [5.41, 5.74) is 6.65. The van der Waals surface area contributed by atoms with Crippen LogP contribution in [-0.2, 0) is 0 Å². The van der Waals surface area contributed by atoms with Gasteiger partial charge >= 0.3 is 0 Å². The largest absolute Gasteiger partial charge is 0.398 e. The smallest absolute Gasteiger partial charge is 0.255 e. The zero-order chi connectivity index (χ0) is 14.7. The molecule has 0 heterocycles. The van der Waals surface area contributed by atoms with Gasteiger partial charge in [0.25, 0.3) is 5.91 Å². The molecule has 0 radical (unpaired) electrons. The van der Waals surface area contributed by atoms with Crippen molar-refractivity contribution in [1.82, 2.24) is 5.32 Å². The van der Waals surface area contributed by atoms with Crippen molar-refractivity contribution in [2.75, 3.05) is 5.73 Å². The Morgan fingerprint density at radius 1 is 1.25 bits per heavy atom. The molecule has 0 aliphatic rings. The highest BCUT2D eigenvalue weighted by molar-refractivity contribution is 6.34. The number of amides is 1. The maximum absolute atomic E-state index is 13.6. The highest BCUT2D eigenvalue weighted by Crippen LogP contribution is 2.23. The summed E-state index contributed by atoms with van der Waals surface area (Å²) in [5, 5.41) is 2.96. The summed E-state index contributed by atoms with van der Waals surface area (Å²) < 4.78 is 13.6. The van der Waals surface area contributed by atoms with E-state index in [0.29, 0.717) is 5.56 Å². The molecule has 2 aromatic rings. The van der Waals surface area contributed by atoms with Gasteiger partial charge in [0.15, 0.2) is 0 Å². The Hall–Kier alpha value is -2.07. The first-order valence-electron chi connectivity index (χ1n) is 6.10. The second kappa shape index (κ2) is 5.92. The maximum atomic E-state index is 13.6. The minimum Gasteiger partial charge on any atom is -0.398 e. The average Bonchev–Trinajstić information content (AvgIpc) is 2.38. The van der Waals surface area contributed by atoms with Crippen LogP contribution in [0.4, 0.5) is 10.1 Å². The molecule has 0 aromatic heterocycles. The zero-order valence-corrected chi connectivity index (χ0v) is 11.6. The lowest BCUT2D eigenvalue weighted by Gasteiger charge is -2.16. The Labute approximate surface area is 121 Å². The molecule has 1 unspecified atom stereocenters. The molecule has 0 fully saturated rings. The van der Waals surface area contributed by atoms with Crippen LogP contribution < -0.4 is 11.1 Å². The van der Waals surface area contributed by atoms with E-state index in [9.17, 15) is 9.18 Å². The quantitative estimate of drug-likeness (QED) is 0.850. The molecule has 2 rings (SSSR count). The van der Waals surface area contributed by atoms with E-state index in [1.165, 1.54) is 6.07 Å². The normalized spacial score (nSPS) is 11.9. The molecule has 3 N–H and O–H groups in total. The lowest BCUT2D eigenvalue weighted by molar-refractivity contribution is 0.0940. The van der Waals surface area contributed by atoms with Gasteiger partial charge < -0.3 is 11.1 Å². The molecule has 20 heavy (non-hydrogen) atoms. The Morgan fingerprint density at radius 3 is 2.60 bits per heavy atom. The third-order valence-electron chi connectivity index (χ3n) is 2.99. The molecule has 0 spiro atoms. The van der Waals surface area contributed by atoms with Crippen molar-refractivity contribution in [3.05, 3.63) is 64.4 Å². The summed E-state index contributed by atoms with van der Waals surface area (Å²) in [6.45, 7) is 1.70. The van der Waals surface area contributed by atoms with Crippen molar-refractivity contribution in [2.45, 2.75) is 13.0 Å². The molecule has 0 saturated carbocycles. The number of carbonyl (C=O) groups excluding carboxylic acids is 1. The number of anilines is 1. The van der Waals surface area contributed by atoms with Crippen LogP contribution in [0.15, 0.2) is 42.5 Å². The van der Waals surface area contributed by atoms with E-state index < -0.39 is 11.9 Å². The van der Waals surface area contributed by atoms with Crippen LogP contribution in [0.2, 0.25) is 5.02 Å². The molecule has 5 heteroatoms. The van der Waals surface area contributed by atoms with E-state index >= 15 is 0 Å². The average molecular weight is 293 g/mol. The fourth-order valence-electron chi connectivity index (χ4n) is 1.95. The summed E-state index contributed by atoms with van der Waals surface area (Å²) in [7, 11) is 0. The number of hydrogen-bond donors (Lipinski definition) is 2. The second-order valence-electron chi connectivity index (χ2n) is 4.42. The predicted octanol–water partition coefficient (Wildman–Crippen LogP) is 3.55. The van der Waals surface area contributed by atoms with Gasteiger partial charge in [0.05, 0.1) is 16.6 Å². The molecule has 2 aromatic carbocycles. The summed E-state index contributed by atoms with van der Waals surface area (Å²) >= 11 is 5.97. The molecular formula is C15H14ClFN2O. The van der Waals surface area contributed by atoms with Gasteiger partial charge in [-0.25, -0.2) is 4.39 Å². The summed E-state index contributed by atoms with van der Waals surface area (Å²) in [5.74, 6) is -0.795. The number of nitrogens with one attached hydrogen (secondary N) is 1. The molecule has 3 nitrogen and oxygen atoms in total. The highest BCUT2D eigenvalue weighted by Gasteiger charge is 2.18. The van der Waals surface area contributed by atoms with Gasteiger partial charge in [-0.3, -0.25) is 4.79 Å². The van der Waals surface area contributed by atoms with E-state index in [1.807, 2.05) is 0 Å². The lowest BCUT2D eigenvalue weighted by Crippen LogP contribution is -2.28. The topological polar surface area (TPSA) is 55.1 Å². The van der Waals surface area contributed by atoms with Crippen molar-refractivity contribution < 1.29 is 9.18 Å². The number of rotatable bonds is 3.